The molecule has 1 aliphatic carbocycles. The summed E-state index contributed by atoms with van der Waals surface area (Å²) in [6.45, 7) is 6.31. The predicted molar refractivity (Wildman–Crippen MR) is 122 cm³/mol. The number of amides is 1. The van der Waals surface area contributed by atoms with E-state index in [1.165, 1.54) is 24.0 Å². The molecule has 1 saturated carbocycles. The Bertz CT molecular complexity index is 1100. The molecule has 0 spiro atoms. The van der Waals surface area contributed by atoms with Crippen molar-refractivity contribution in [3.8, 4) is 5.75 Å². The van der Waals surface area contributed by atoms with Crippen LogP contribution in [-0.2, 0) is 11.3 Å². The first-order valence-electron chi connectivity index (χ1n) is 11.5. The Morgan fingerprint density at radius 2 is 1.87 bits per heavy atom. The number of nitrogens with zero attached hydrogens (tertiary/aromatic N) is 3. The summed E-state index contributed by atoms with van der Waals surface area (Å²) in [4.78, 5) is 19.9. The molecule has 1 amide bonds. The zero-order valence-electron chi connectivity index (χ0n) is 18.5. The second-order valence-electron chi connectivity index (χ2n) is 9.09. The lowest BCUT2D eigenvalue weighted by atomic mass is 10.1. The molecule has 0 radical (unpaired) electrons. The van der Waals surface area contributed by atoms with Gasteiger partial charge in [-0.2, -0.15) is 0 Å². The van der Waals surface area contributed by atoms with Crippen molar-refractivity contribution in [1.29, 1.82) is 0 Å². The maximum Gasteiger partial charge on any atom is 0.223 e. The molecule has 5 nitrogen and oxygen atoms in total. The molecule has 2 aliphatic rings. The fraction of sp³-hybridized carbons (Fsp3) is 0.462. The Balaban J connectivity index is 1.37. The van der Waals surface area contributed by atoms with Crippen LogP contribution in [0.1, 0.15) is 55.0 Å². The van der Waals surface area contributed by atoms with Crippen LogP contribution in [0, 0.1) is 13.8 Å². The topological polar surface area (TPSA) is 47.4 Å². The summed E-state index contributed by atoms with van der Waals surface area (Å²) >= 11 is 0. The highest BCUT2D eigenvalue weighted by Gasteiger charge is 2.38. The van der Waals surface area contributed by atoms with Gasteiger partial charge in [0.1, 0.15) is 18.2 Å². The molecule has 1 unspecified atom stereocenters. The van der Waals surface area contributed by atoms with E-state index < -0.39 is 0 Å². The molecule has 1 saturated heterocycles. The standard InChI is InChI=1S/C26H31N3O2/c1-18-11-12-22(15-19(18)2)31-14-13-28-24-10-6-5-9-23(24)27-26(28)20-16-25(30)29(17-20)21-7-3-4-8-21/h5-6,9-12,15,20-21H,3-4,7-8,13-14,16-17H2,1-2H3. The molecular weight excluding hydrogens is 386 g/mol. The maximum atomic E-state index is 12.8. The third kappa shape index (κ3) is 3.93. The molecule has 162 valence electrons. The van der Waals surface area contributed by atoms with E-state index in [4.69, 9.17) is 9.72 Å². The van der Waals surface area contributed by atoms with Crippen LogP contribution in [0.4, 0.5) is 0 Å². The van der Waals surface area contributed by atoms with E-state index in [9.17, 15) is 4.79 Å². The number of carbonyl (C=O) groups is 1. The fourth-order valence-electron chi connectivity index (χ4n) is 5.17. The van der Waals surface area contributed by atoms with Gasteiger partial charge in [0.05, 0.1) is 17.6 Å². The fourth-order valence-corrected chi connectivity index (χ4v) is 5.17. The van der Waals surface area contributed by atoms with Crippen LogP contribution >= 0.6 is 0 Å². The third-order valence-corrected chi connectivity index (χ3v) is 7.04. The number of imidazole rings is 1. The lowest BCUT2D eigenvalue weighted by molar-refractivity contribution is -0.129. The van der Waals surface area contributed by atoms with Gasteiger partial charge in [-0.25, -0.2) is 4.98 Å². The number of carbonyl (C=O) groups excluding carboxylic acids is 1. The van der Waals surface area contributed by atoms with Crippen LogP contribution in [0.5, 0.6) is 5.75 Å². The van der Waals surface area contributed by atoms with E-state index in [2.05, 4.69) is 53.6 Å². The van der Waals surface area contributed by atoms with Crippen LogP contribution in [0.3, 0.4) is 0 Å². The second-order valence-corrected chi connectivity index (χ2v) is 9.09. The van der Waals surface area contributed by atoms with Crippen LogP contribution in [0.15, 0.2) is 42.5 Å². The quantitative estimate of drug-likeness (QED) is 0.568. The summed E-state index contributed by atoms with van der Waals surface area (Å²) < 4.78 is 8.35. The van der Waals surface area contributed by atoms with Crippen molar-refractivity contribution in [3.05, 3.63) is 59.4 Å². The first-order chi connectivity index (χ1) is 15.1. The van der Waals surface area contributed by atoms with E-state index >= 15 is 0 Å². The first-order valence-corrected chi connectivity index (χ1v) is 11.5. The highest BCUT2D eigenvalue weighted by atomic mass is 16.5. The van der Waals surface area contributed by atoms with Crippen LogP contribution in [-0.4, -0.2) is 39.6 Å². The molecule has 5 heteroatoms. The third-order valence-electron chi connectivity index (χ3n) is 7.04. The average Bonchev–Trinajstić information content (AvgIpc) is 3.49. The number of fused-ring (bicyclic) bond motifs is 1. The van der Waals surface area contributed by atoms with Gasteiger partial charge in [0.25, 0.3) is 0 Å². The molecule has 2 fully saturated rings. The SMILES string of the molecule is Cc1ccc(OCCn2c(C3CC(=O)N(C4CCCC4)C3)nc3ccccc32)cc1C. The predicted octanol–water partition coefficient (Wildman–Crippen LogP) is 4.99. The Morgan fingerprint density at radius 1 is 1.06 bits per heavy atom. The van der Waals surface area contributed by atoms with Crippen molar-refractivity contribution < 1.29 is 9.53 Å². The van der Waals surface area contributed by atoms with Crippen molar-refractivity contribution in [2.45, 2.75) is 64.5 Å². The number of aromatic nitrogens is 2. The Labute approximate surface area is 184 Å². The van der Waals surface area contributed by atoms with Crippen molar-refractivity contribution in [3.63, 3.8) is 0 Å². The number of rotatable bonds is 6. The molecule has 1 aromatic heterocycles. The van der Waals surface area contributed by atoms with Gasteiger partial charge >= 0.3 is 0 Å². The highest BCUT2D eigenvalue weighted by Crippen LogP contribution is 2.35. The van der Waals surface area contributed by atoms with E-state index in [-0.39, 0.29) is 5.92 Å². The number of hydrogen-bond acceptors (Lipinski definition) is 3. The minimum Gasteiger partial charge on any atom is -0.492 e. The van der Waals surface area contributed by atoms with E-state index in [1.807, 2.05) is 12.1 Å². The van der Waals surface area contributed by atoms with Crippen molar-refractivity contribution >= 4 is 16.9 Å². The minimum absolute atomic E-state index is 0.155. The van der Waals surface area contributed by atoms with Crippen LogP contribution in [0.25, 0.3) is 11.0 Å². The van der Waals surface area contributed by atoms with Crippen molar-refractivity contribution in [2.75, 3.05) is 13.2 Å². The second kappa shape index (κ2) is 8.37. The summed E-state index contributed by atoms with van der Waals surface area (Å²) in [6.07, 6.45) is 5.36. The number of benzene rings is 2. The minimum atomic E-state index is 0.155. The summed E-state index contributed by atoms with van der Waals surface area (Å²) in [5, 5.41) is 0. The van der Waals surface area contributed by atoms with Gasteiger partial charge in [-0.15, -0.1) is 0 Å². The largest absolute Gasteiger partial charge is 0.492 e. The molecule has 1 aliphatic heterocycles. The number of aryl methyl sites for hydroxylation is 2. The summed E-state index contributed by atoms with van der Waals surface area (Å²) in [5.41, 5.74) is 4.62. The zero-order valence-corrected chi connectivity index (χ0v) is 18.5. The molecular formula is C26H31N3O2. The monoisotopic (exact) mass is 417 g/mol. The van der Waals surface area contributed by atoms with Gasteiger partial charge in [0.2, 0.25) is 5.91 Å². The number of hydrogen-bond donors (Lipinski definition) is 0. The van der Waals surface area contributed by atoms with Gasteiger partial charge in [-0.05, 0) is 62.1 Å². The van der Waals surface area contributed by atoms with Gasteiger partial charge in [-0.1, -0.05) is 31.0 Å². The van der Waals surface area contributed by atoms with Gasteiger partial charge < -0.3 is 14.2 Å². The normalized spacial score (nSPS) is 19.6. The Kier molecular flexibility index (Phi) is 5.43. The van der Waals surface area contributed by atoms with Gasteiger partial charge in [0, 0.05) is 24.9 Å². The smallest absolute Gasteiger partial charge is 0.223 e. The molecule has 0 bridgehead atoms. The van der Waals surface area contributed by atoms with Gasteiger partial charge in [0.15, 0.2) is 0 Å². The Hall–Kier alpha value is -2.82. The summed E-state index contributed by atoms with van der Waals surface area (Å²) in [5.74, 6) is 2.38. The first kappa shape index (κ1) is 20.1. The molecule has 3 aromatic rings. The van der Waals surface area contributed by atoms with Crippen LogP contribution < -0.4 is 4.74 Å². The lowest BCUT2D eigenvalue weighted by Gasteiger charge is -2.24. The van der Waals surface area contributed by atoms with E-state index in [0.717, 1.165) is 48.5 Å². The number of para-hydroxylation sites is 2. The van der Waals surface area contributed by atoms with E-state index in [1.54, 1.807) is 0 Å². The maximum absolute atomic E-state index is 12.8. The zero-order chi connectivity index (χ0) is 21.4. The van der Waals surface area contributed by atoms with Crippen molar-refractivity contribution in [2.24, 2.45) is 0 Å². The summed E-state index contributed by atoms with van der Waals surface area (Å²) in [6, 6.07) is 14.9. The Morgan fingerprint density at radius 3 is 2.68 bits per heavy atom. The summed E-state index contributed by atoms with van der Waals surface area (Å²) in [7, 11) is 0. The van der Waals surface area contributed by atoms with Crippen LogP contribution in [0.2, 0.25) is 0 Å². The molecule has 31 heavy (non-hydrogen) atoms. The molecule has 5 rings (SSSR count). The molecule has 0 N–H and O–H groups in total. The molecule has 2 heterocycles. The molecule has 1 atom stereocenters. The number of likely N-dealkylation sites (tertiary alicyclic amines) is 1. The average molecular weight is 418 g/mol. The highest BCUT2D eigenvalue weighted by molar-refractivity contribution is 5.81. The lowest BCUT2D eigenvalue weighted by Crippen LogP contribution is -2.34. The van der Waals surface area contributed by atoms with E-state index in [0.29, 0.717) is 25.0 Å². The number of ether oxygens (including phenoxy) is 1. The molecule has 2 aromatic carbocycles. The van der Waals surface area contributed by atoms with Gasteiger partial charge in [-0.3, -0.25) is 4.79 Å². The van der Waals surface area contributed by atoms with Crippen molar-refractivity contribution in [1.82, 2.24) is 14.5 Å².